The summed E-state index contributed by atoms with van der Waals surface area (Å²) in [6, 6.07) is 14.8. The van der Waals surface area contributed by atoms with Crippen molar-refractivity contribution in [2.45, 2.75) is 32.5 Å². The molecule has 4 atom stereocenters. The summed E-state index contributed by atoms with van der Waals surface area (Å²) in [5.41, 5.74) is 4.73. The van der Waals surface area contributed by atoms with E-state index in [0.29, 0.717) is 17.5 Å². The zero-order chi connectivity index (χ0) is 16.7. The number of nitrogens with one attached hydrogen (secondary N) is 2. The second-order valence-corrected chi connectivity index (χ2v) is 7.19. The highest BCUT2D eigenvalue weighted by atomic mass is 16.5. The molecule has 0 amide bonds. The van der Waals surface area contributed by atoms with Gasteiger partial charge in [-0.25, -0.2) is 0 Å². The van der Waals surface area contributed by atoms with Crippen molar-refractivity contribution in [1.29, 1.82) is 0 Å². The zero-order valence-corrected chi connectivity index (χ0v) is 14.2. The Balaban J connectivity index is 1.55. The van der Waals surface area contributed by atoms with E-state index in [1.165, 1.54) is 16.7 Å². The van der Waals surface area contributed by atoms with Gasteiger partial charge in [0.15, 0.2) is 6.17 Å². The molecule has 0 aromatic heterocycles. The summed E-state index contributed by atoms with van der Waals surface area (Å²) in [6.07, 6.45) is 1.09. The number of ether oxygens (including phenoxy) is 1. The molecule has 2 aliphatic rings. The van der Waals surface area contributed by atoms with Gasteiger partial charge in [0.05, 0.1) is 6.54 Å². The number of benzene rings is 2. The smallest absolute Gasteiger partial charge is 0.167 e. The van der Waals surface area contributed by atoms with Gasteiger partial charge in [0, 0.05) is 24.4 Å². The molecule has 2 N–H and O–H groups in total. The average molecular weight is 324 g/mol. The maximum atomic E-state index is 12.2. The molecule has 0 saturated carbocycles. The molecule has 0 radical (unpaired) electrons. The van der Waals surface area contributed by atoms with E-state index < -0.39 is 0 Å². The third kappa shape index (κ3) is 2.93. The second-order valence-electron chi connectivity index (χ2n) is 7.19. The van der Waals surface area contributed by atoms with Crippen LogP contribution >= 0.6 is 0 Å². The van der Waals surface area contributed by atoms with Gasteiger partial charge in [-0.15, -0.1) is 0 Å². The first kappa shape index (κ1) is 15.6. The van der Waals surface area contributed by atoms with Crippen molar-refractivity contribution in [3.8, 4) is 16.9 Å². The molecule has 24 heavy (non-hydrogen) atoms. The van der Waals surface area contributed by atoms with Crippen molar-refractivity contribution in [2.24, 2.45) is 5.92 Å². The van der Waals surface area contributed by atoms with Crippen molar-refractivity contribution in [3.05, 3.63) is 58.8 Å². The molecule has 0 spiro atoms. The molecule has 2 aliphatic heterocycles. The highest BCUT2D eigenvalue weighted by molar-refractivity contribution is 5.66. The summed E-state index contributed by atoms with van der Waals surface area (Å²) < 4.78 is 5.77. The molecule has 2 aromatic carbocycles. The van der Waals surface area contributed by atoms with Crippen LogP contribution in [0.25, 0.3) is 11.1 Å². The first-order valence-electron chi connectivity index (χ1n) is 8.76. The summed E-state index contributed by atoms with van der Waals surface area (Å²) in [4.78, 5) is 0. The normalized spacial score (nSPS) is 29.1. The van der Waals surface area contributed by atoms with E-state index in [4.69, 9.17) is 4.74 Å². The summed E-state index contributed by atoms with van der Waals surface area (Å²) >= 11 is 0. The van der Waals surface area contributed by atoms with Gasteiger partial charge in [0.25, 0.3) is 0 Å². The summed E-state index contributed by atoms with van der Waals surface area (Å²) in [7, 11) is 0. The molecule has 2 heterocycles. The predicted octanol–water partition coefficient (Wildman–Crippen LogP) is 2.30. The van der Waals surface area contributed by atoms with E-state index >= 15 is 0 Å². The van der Waals surface area contributed by atoms with Crippen molar-refractivity contribution >= 4 is 0 Å². The van der Waals surface area contributed by atoms with Gasteiger partial charge in [-0.1, -0.05) is 37.3 Å². The number of hydroxylamine groups is 2. The molecule has 2 aromatic rings. The monoisotopic (exact) mass is 324 g/mol. The summed E-state index contributed by atoms with van der Waals surface area (Å²) in [5.74, 6) is 1.44. The lowest BCUT2D eigenvalue weighted by atomic mass is 9.99. The maximum Gasteiger partial charge on any atom is 0.167 e. The van der Waals surface area contributed by atoms with Crippen LogP contribution in [-0.4, -0.2) is 19.2 Å². The minimum Gasteiger partial charge on any atom is -0.633 e. The van der Waals surface area contributed by atoms with Gasteiger partial charge in [0.1, 0.15) is 11.9 Å². The van der Waals surface area contributed by atoms with E-state index in [1.54, 1.807) is 0 Å². The van der Waals surface area contributed by atoms with Crippen LogP contribution in [0.3, 0.4) is 0 Å². The Labute approximate surface area is 143 Å². The van der Waals surface area contributed by atoms with Gasteiger partial charge in [-0.2, -0.15) is 0 Å². The third-order valence-electron chi connectivity index (χ3n) is 5.02. The molecule has 4 unspecified atom stereocenters. The van der Waals surface area contributed by atoms with E-state index in [1.807, 2.05) is 0 Å². The topological polar surface area (TPSA) is 48.8 Å². The molecule has 1 saturated heterocycles. The summed E-state index contributed by atoms with van der Waals surface area (Å²) in [5, 5.41) is 15.9. The van der Waals surface area contributed by atoms with E-state index in [9.17, 15) is 5.21 Å². The molecule has 4 nitrogen and oxygen atoms in total. The largest absolute Gasteiger partial charge is 0.633 e. The number of rotatable bonds is 2. The van der Waals surface area contributed by atoms with E-state index in [0.717, 1.165) is 24.3 Å². The Hall–Kier alpha value is -1.88. The summed E-state index contributed by atoms with van der Waals surface area (Å²) in [6.45, 7) is 5.79. The minimum absolute atomic E-state index is 0.149. The van der Waals surface area contributed by atoms with Crippen molar-refractivity contribution in [2.75, 3.05) is 13.1 Å². The Morgan fingerprint density at radius 3 is 2.58 bits per heavy atom. The highest BCUT2D eigenvalue weighted by Crippen LogP contribution is 2.33. The van der Waals surface area contributed by atoms with Crippen molar-refractivity contribution in [1.82, 2.24) is 5.32 Å². The zero-order valence-electron chi connectivity index (χ0n) is 14.2. The number of quaternary nitrogens is 1. The lowest BCUT2D eigenvalue weighted by Crippen LogP contribution is -3.11. The van der Waals surface area contributed by atoms with Crippen LogP contribution in [0.2, 0.25) is 0 Å². The average Bonchev–Trinajstić information content (AvgIpc) is 2.94. The fraction of sp³-hybridized carbons (Fsp3) is 0.400. The first-order valence-corrected chi connectivity index (χ1v) is 8.76. The molecule has 0 aliphatic carbocycles. The third-order valence-corrected chi connectivity index (χ3v) is 5.02. The predicted molar refractivity (Wildman–Crippen MR) is 94.8 cm³/mol. The van der Waals surface area contributed by atoms with Crippen LogP contribution < -0.4 is 15.1 Å². The highest BCUT2D eigenvalue weighted by Gasteiger charge is 2.25. The van der Waals surface area contributed by atoms with Crippen LogP contribution in [0.5, 0.6) is 5.75 Å². The van der Waals surface area contributed by atoms with Gasteiger partial charge in [0.2, 0.25) is 0 Å². The van der Waals surface area contributed by atoms with Crippen molar-refractivity contribution in [3.63, 3.8) is 0 Å². The lowest BCUT2D eigenvalue weighted by Gasteiger charge is -2.39. The maximum absolute atomic E-state index is 12.2. The molecular formula is C20H24N2O2. The van der Waals surface area contributed by atoms with Crippen LogP contribution in [0, 0.1) is 11.1 Å². The van der Waals surface area contributed by atoms with E-state index in [-0.39, 0.29) is 12.3 Å². The molecule has 4 heteroatoms. The van der Waals surface area contributed by atoms with Crippen LogP contribution in [-0.2, 0) is 6.42 Å². The fourth-order valence-corrected chi connectivity index (χ4v) is 3.74. The van der Waals surface area contributed by atoms with Crippen LogP contribution in [0.15, 0.2) is 42.5 Å². The number of fused-ring (bicyclic) bond motifs is 1. The van der Waals surface area contributed by atoms with Crippen LogP contribution in [0.1, 0.15) is 31.1 Å². The first-order chi connectivity index (χ1) is 11.6. The molecule has 0 bridgehead atoms. The van der Waals surface area contributed by atoms with Gasteiger partial charge in [-0.3, -0.25) is 5.32 Å². The quantitative estimate of drug-likeness (QED) is 0.834. The Morgan fingerprint density at radius 2 is 1.83 bits per heavy atom. The van der Waals surface area contributed by atoms with E-state index in [2.05, 4.69) is 61.6 Å². The fourth-order valence-electron chi connectivity index (χ4n) is 3.74. The Kier molecular flexibility index (Phi) is 4.04. The molecule has 1 fully saturated rings. The van der Waals surface area contributed by atoms with Crippen molar-refractivity contribution < 1.29 is 9.80 Å². The lowest BCUT2D eigenvalue weighted by molar-refractivity contribution is -0.895. The number of hydrogen-bond donors (Lipinski definition) is 2. The standard InChI is InChI=1S/C20H24N2O2/c1-13-11-21-20(22(23)12-13)16-5-3-15(4-6-16)17-7-8-19-18(10-17)9-14(2)24-19/h3-8,10,13-14,20-22H,9,11-12H2,1-2H3. The number of hydrogen-bond acceptors (Lipinski definition) is 3. The van der Waals surface area contributed by atoms with Gasteiger partial charge < -0.3 is 15.0 Å². The van der Waals surface area contributed by atoms with Crippen LogP contribution in [0.4, 0.5) is 0 Å². The molecule has 126 valence electrons. The molecule has 4 rings (SSSR count). The molecular weight excluding hydrogens is 300 g/mol. The van der Waals surface area contributed by atoms with Gasteiger partial charge >= 0.3 is 0 Å². The SMILES string of the molecule is CC1CNC(c2ccc(-c3ccc4c(c3)CC(C)O4)cc2)[NH+]([O-])C1. The minimum atomic E-state index is -0.149. The van der Waals surface area contributed by atoms with Gasteiger partial charge in [-0.05, 0) is 35.7 Å². The Morgan fingerprint density at radius 1 is 1.08 bits per heavy atom. The second kappa shape index (κ2) is 6.20. The Bertz CT molecular complexity index is 729.